The number of amides is 2. The molecule has 1 saturated heterocycles. The number of rotatable bonds is 4. The Balaban J connectivity index is 1.77. The molecule has 2 rings (SSSR count). The molecule has 8 nitrogen and oxygen atoms in total. The molecular formula is C11H15N4O4P. The monoisotopic (exact) mass is 298 g/mol. The lowest BCUT2D eigenvalue weighted by molar-refractivity contribution is -0.136. The standard InChI is InChI=1S/C11H15N4O4P/c12-20(13,18)15-6-9(10(15)16)14-11(17)19-7-8-4-2-1-3-5-8/h1-5,9H,6-7H2,(H,14,17)(H4,12,13,18)/t9-/m0/s1. The lowest BCUT2D eigenvalue weighted by atomic mass is 10.2. The van der Waals surface area contributed by atoms with Crippen LogP contribution in [0.3, 0.4) is 0 Å². The quantitative estimate of drug-likeness (QED) is 0.536. The zero-order chi connectivity index (χ0) is 14.8. The van der Waals surface area contributed by atoms with E-state index in [-0.39, 0.29) is 13.2 Å². The van der Waals surface area contributed by atoms with Gasteiger partial charge in [-0.05, 0) is 5.56 Å². The SMILES string of the molecule is NP(N)(=O)N1C[C@H](NC(=O)OCc2ccccc2)C1=O. The molecule has 1 aliphatic heterocycles. The molecule has 108 valence electrons. The molecule has 1 aliphatic rings. The molecule has 0 aliphatic carbocycles. The molecule has 0 unspecified atom stereocenters. The van der Waals surface area contributed by atoms with Crippen LogP contribution in [0.25, 0.3) is 0 Å². The summed E-state index contributed by atoms with van der Waals surface area (Å²) in [7, 11) is -3.58. The second-order valence-electron chi connectivity index (χ2n) is 4.35. The Morgan fingerprint density at radius 2 is 2.05 bits per heavy atom. The Morgan fingerprint density at radius 3 is 2.60 bits per heavy atom. The molecule has 0 bridgehead atoms. The fourth-order valence-electron chi connectivity index (χ4n) is 1.70. The molecule has 9 heteroatoms. The minimum absolute atomic E-state index is 0.0174. The van der Waals surface area contributed by atoms with Crippen molar-refractivity contribution in [1.82, 2.24) is 9.99 Å². The number of benzene rings is 1. The summed E-state index contributed by atoms with van der Waals surface area (Å²) in [4.78, 5) is 23.0. The maximum Gasteiger partial charge on any atom is 0.408 e. The minimum atomic E-state index is -3.58. The molecule has 1 aromatic carbocycles. The average Bonchev–Trinajstić information content (AvgIpc) is 2.40. The predicted molar refractivity (Wildman–Crippen MR) is 71.2 cm³/mol. The summed E-state index contributed by atoms with van der Waals surface area (Å²) in [6.07, 6.45) is -0.726. The van der Waals surface area contributed by atoms with E-state index in [2.05, 4.69) is 5.32 Å². The first kappa shape index (κ1) is 14.5. The number of hydrogen-bond acceptors (Lipinski definition) is 4. The Bertz CT molecular complexity index is 559. The van der Waals surface area contributed by atoms with Crippen molar-refractivity contribution >= 4 is 19.6 Å². The fraction of sp³-hybridized carbons (Fsp3) is 0.273. The van der Waals surface area contributed by atoms with Gasteiger partial charge in [0.25, 0.3) is 5.91 Å². The van der Waals surface area contributed by atoms with Gasteiger partial charge in [-0.2, -0.15) is 0 Å². The largest absolute Gasteiger partial charge is 0.445 e. The number of nitrogens with zero attached hydrogens (tertiary/aromatic N) is 1. The molecule has 1 aromatic rings. The molecule has 1 fully saturated rings. The fourth-order valence-corrected chi connectivity index (χ4v) is 2.57. The van der Waals surface area contributed by atoms with Crippen LogP contribution < -0.4 is 16.3 Å². The smallest absolute Gasteiger partial charge is 0.408 e. The van der Waals surface area contributed by atoms with Crippen molar-refractivity contribution in [3.05, 3.63) is 35.9 Å². The van der Waals surface area contributed by atoms with Gasteiger partial charge in [0.05, 0.1) is 6.54 Å². The number of nitrogens with two attached hydrogens (primary N) is 2. The summed E-state index contributed by atoms with van der Waals surface area (Å²) >= 11 is 0. The summed E-state index contributed by atoms with van der Waals surface area (Å²) < 4.78 is 17.1. The normalized spacial score (nSPS) is 18.4. The summed E-state index contributed by atoms with van der Waals surface area (Å²) in [5.74, 6) is -0.574. The van der Waals surface area contributed by atoms with Gasteiger partial charge < -0.3 is 10.1 Å². The first-order valence-corrected chi connectivity index (χ1v) is 7.64. The van der Waals surface area contributed by atoms with E-state index >= 15 is 0 Å². The second-order valence-corrected chi connectivity index (χ2v) is 6.18. The van der Waals surface area contributed by atoms with Gasteiger partial charge in [-0.25, -0.2) is 4.79 Å². The van der Waals surface area contributed by atoms with Crippen molar-refractivity contribution in [3.8, 4) is 0 Å². The van der Waals surface area contributed by atoms with Crippen LogP contribution in [0.4, 0.5) is 4.79 Å². The van der Waals surface area contributed by atoms with Gasteiger partial charge in [-0.3, -0.25) is 25.0 Å². The van der Waals surface area contributed by atoms with Crippen LogP contribution in [0.2, 0.25) is 0 Å². The molecule has 1 heterocycles. The third-order valence-corrected chi connectivity index (χ3v) is 3.91. The lowest BCUT2D eigenvalue weighted by Crippen LogP contribution is -2.63. The Hall–Kier alpha value is -1.89. The number of nitrogens with one attached hydrogen (secondary N) is 1. The van der Waals surface area contributed by atoms with Crippen molar-refractivity contribution in [2.24, 2.45) is 11.0 Å². The highest BCUT2D eigenvalue weighted by Crippen LogP contribution is 2.37. The third kappa shape index (κ3) is 3.36. The molecule has 0 radical (unpaired) electrons. The highest BCUT2D eigenvalue weighted by molar-refractivity contribution is 7.57. The van der Waals surface area contributed by atoms with Crippen LogP contribution in [0.1, 0.15) is 5.56 Å². The van der Waals surface area contributed by atoms with Crippen LogP contribution in [0.15, 0.2) is 30.3 Å². The van der Waals surface area contributed by atoms with Gasteiger partial charge in [-0.15, -0.1) is 0 Å². The van der Waals surface area contributed by atoms with E-state index < -0.39 is 25.6 Å². The van der Waals surface area contributed by atoms with E-state index in [0.29, 0.717) is 0 Å². The maximum atomic E-state index is 11.5. The molecular weight excluding hydrogens is 283 g/mol. The zero-order valence-electron chi connectivity index (χ0n) is 10.6. The molecule has 2 amide bonds. The number of carbonyl (C=O) groups excluding carboxylic acids is 2. The highest BCUT2D eigenvalue weighted by Gasteiger charge is 2.44. The van der Waals surface area contributed by atoms with Crippen molar-refractivity contribution in [3.63, 3.8) is 0 Å². The third-order valence-electron chi connectivity index (χ3n) is 2.79. The van der Waals surface area contributed by atoms with Crippen molar-refractivity contribution in [2.75, 3.05) is 6.54 Å². The van der Waals surface area contributed by atoms with Crippen molar-refractivity contribution in [2.45, 2.75) is 12.6 Å². The van der Waals surface area contributed by atoms with Crippen LogP contribution in [0.5, 0.6) is 0 Å². The minimum Gasteiger partial charge on any atom is -0.445 e. The number of carbonyl (C=O) groups is 2. The van der Waals surface area contributed by atoms with E-state index in [1.165, 1.54) is 0 Å². The van der Waals surface area contributed by atoms with Crippen molar-refractivity contribution in [1.29, 1.82) is 0 Å². The zero-order valence-corrected chi connectivity index (χ0v) is 11.5. The first-order chi connectivity index (χ1) is 9.38. The number of ether oxygens (including phenoxy) is 1. The molecule has 5 N–H and O–H groups in total. The molecule has 20 heavy (non-hydrogen) atoms. The number of β-lactam (4-membered cyclic amide) rings is 1. The molecule has 0 aromatic heterocycles. The summed E-state index contributed by atoms with van der Waals surface area (Å²) in [6.45, 7) is 0.118. The highest BCUT2D eigenvalue weighted by atomic mass is 31.2. The van der Waals surface area contributed by atoms with E-state index in [4.69, 9.17) is 15.7 Å². The van der Waals surface area contributed by atoms with Gasteiger partial charge in [0.1, 0.15) is 12.6 Å². The van der Waals surface area contributed by atoms with Crippen molar-refractivity contribution < 1.29 is 18.9 Å². The first-order valence-electron chi connectivity index (χ1n) is 5.84. The second kappa shape index (κ2) is 5.62. The summed E-state index contributed by atoms with van der Waals surface area (Å²) in [5, 5.41) is 2.35. The Morgan fingerprint density at radius 1 is 1.40 bits per heavy atom. The molecule has 0 spiro atoms. The van der Waals surface area contributed by atoms with Crippen LogP contribution in [0, 0.1) is 0 Å². The van der Waals surface area contributed by atoms with E-state index in [1.807, 2.05) is 30.3 Å². The Kier molecular flexibility index (Phi) is 4.08. The van der Waals surface area contributed by atoms with Gasteiger partial charge in [-0.1, -0.05) is 30.3 Å². The Labute approximate surface area is 115 Å². The predicted octanol–water partition coefficient (Wildman–Crippen LogP) is 0.149. The van der Waals surface area contributed by atoms with Gasteiger partial charge in [0.2, 0.25) is 0 Å². The van der Waals surface area contributed by atoms with E-state index in [0.717, 1.165) is 10.2 Å². The number of alkyl carbamates (subject to hydrolysis) is 1. The van der Waals surface area contributed by atoms with E-state index in [1.54, 1.807) is 0 Å². The average molecular weight is 298 g/mol. The lowest BCUT2D eigenvalue weighted by Gasteiger charge is -2.39. The summed E-state index contributed by atoms with van der Waals surface area (Å²) in [6, 6.07) is 8.32. The number of hydrogen-bond donors (Lipinski definition) is 3. The van der Waals surface area contributed by atoms with Crippen LogP contribution >= 0.6 is 7.59 Å². The van der Waals surface area contributed by atoms with Crippen LogP contribution in [-0.2, 0) is 20.7 Å². The molecule has 1 atom stereocenters. The topological polar surface area (TPSA) is 128 Å². The van der Waals surface area contributed by atoms with Gasteiger partial charge in [0, 0.05) is 0 Å². The van der Waals surface area contributed by atoms with Crippen LogP contribution in [-0.4, -0.2) is 29.3 Å². The van der Waals surface area contributed by atoms with E-state index in [9.17, 15) is 14.2 Å². The molecule has 0 saturated carbocycles. The maximum absolute atomic E-state index is 11.5. The summed E-state index contributed by atoms with van der Waals surface area (Å²) in [5.41, 5.74) is 11.1. The van der Waals surface area contributed by atoms with Gasteiger partial charge >= 0.3 is 13.7 Å². The van der Waals surface area contributed by atoms with Gasteiger partial charge in [0.15, 0.2) is 0 Å².